The number of rotatable bonds is 7. The van der Waals surface area contributed by atoms with Crippen molar-refractivity contribution >= 4 is 17.6 Å². The van der Waals surface area contributed by atoms with Gasteiger partial charge in [0.15, 0.2) is 5.96 Å². The van der Waals surface area contributed by atoms with Gasteiger partial charge in [-0.3, -0.25) is 4.99 Å². The Balaban J connectivity index is 1.88. The van der Waals surface area contributed by atoms with E-state index in [0.717, 1.165) is 22.6 Å². The molecule has 2 aromatic rings. The lowest BCUT2D eigenvalue weighted by molar-refractivity contribution is 0.390. The molecule has 0 aliphatic heterocycles. The highest BCUT2D eigenvalue weighted by molar-refractivity contribution is 6.31. The zero-order valence-corrected chi connectivity index (χ0v) is 15.9. The quantitative estimate of drug-likeness (QED) is 0.572. The molecule has 7 heteroatoms. The van der Waals surface area contributed by atoms with Crippen LogP contribution in [0.2, 0.25) is 5.02 Å². The highest BCUT2D eigenvalue weighted by Crippen LogP contribution is 2.24. The molecule has 0 aliphatic carbocycles. The van der Waals surface area contributed by atoms with Crippen molar-refractivity contribution in [1.29, 1.82) is 0 Å². The number of aliphatic imine (C=N–C) groups is 1. The van der Waals surface area contributed by atoms with Gasteiger partial charge in [0, 0.05) is 36.8 Å². The summed E-state index contributed by atoms with van der Waals surface area (Å²) >= 11 is 6.04. The summed E-state index contributed by atoms with van der Waals surface area (Å²) in [7, 11) is 4.94. The van der Waals surface area contributed by atoms with Crippen LogP contribution in [0, 0.1) is 5.82 Å². The van der Waals surface area contributed by atoms with E-state index in [1.165, 1.54) is 12.1 Å². The molecule has 0 aliphatic rings. The van der Waals surface area contributed by atoms with E-state index in [1.807, 2.05) is 18.2 Å². The first kappa shape index (κ1) is 19.8. The van der Waals surface area contributed by atoms with Gasteiger partial charge in [0.2, 0.25) is 0 Å². The summed E-state index contributed by atoms with van der Waals surface area (Å²) in [6.45, 7) is 1.16. The molecule has 26 heavy (non-hydrogen) atoms. The molecule has 2 N–H and O–H groups in total. The molecule has 0 unspecified atom stereocenters. The lowest BCUT2D eigenvalue weighted by Crippen LogP contribution is -2.37. The average Bonchev–Trinajstić information content (AvgIpc) is 2.65. The van der Waals surface area contributed by atoms with E-state index < -0.39 is 0 Å². The molecule has 0 spiro atoms. The molecule has 0 saturated heterocycles. The number of benzene rings is 2. The molecular formula is C19H23ClFN3O2. The summed E-state index contributed by atoms with van der Waals surface area (Å²) in [5.74, 6) is 1.80. The van der Waals surface area contributed by atoms with Gasteiger partial charge in [-0.05, 0) is 36.2 Å². The highest BCUT2D eigenvalue weighted by Gasteiger charge is 2.07. The lowest BCUT2D eigenvalue weighted by Gasteiger charge is -2.14. The van der Waals surface area contributed by atoms with Crippen LogP contribution in [0.1, 0.15) is 11.1 Å². The summed E-state index contributed by atoms with van der Waals surface area (Å²) in [5, 5.41) is 6.87. The minimum atomic E-state index is -0.336. The lowest BCUT2D eigenvalue weighted by atomic mass is 10.1. The minimum Gasteiger partial charge on any atom is -0.497 e. The first-order chi connectivity index (χ1) is 12.6. The molecule has 0 heterocycles. The standard InChI is InChI=1S/C19H23ClFN3O2/c1-22-19(23-9-8-13-4-6-15(21)10-17(13)20)24-12-14-5-7-16(25-2)11-18(14)26-3/h4-7,10-11H,8-9,12H2,1-3H3,(H2,22,23,24). The molecule has 0 saturated carbocycles. The van der Waals surface area contributed by atoms with Crippen molar-refractivity contribution < 1.29 is 13.9 Å². The van der Waals surface area contributed by atoms with Crippen LogP contribution in [-0.4, -0.2) is 33.8 Å². The zero-order chi connectivity index (χ0) is 18.9. The fourth-order valence-electron chi connectivity index (χ4n) is 2.44. The van der Waals surface area contributed by atoms with Crippen LogP contribution < -0.4 is 20.1 Å². The SMILES string of the molecule is CN=C(NCCc1ccc(F)cc1Cl)NCc1ccc(OC)cc1OC. The Kier molecular flexibility index (Phi) is 7.53. The first-order valence-electron chi connectivity index (χ1n) is 8.16. The van der Waals surface area contributed by atoms with Crippen LogP contribution >= 0.6 is 11.6 Å². The average molecular weight is 380 g/mol. The molecule has 5 nitrogen and oxygen atoms in total. The Labute approximate surface area is 158 Å². The number of hydrogen-bond acceptors (Lipinski definition) is 3. The number of halogens is 2. The second-order valence-electron chi connectivity index (χ2n) is 5.52. The summed E-state index contributed by atoms with van der Waals surface area (Å²) in [4.78, 5) is 4.20. The molecule has 140 valence electrons. The Morgan fingerprint density at radius 2 is 1.85 bits per heavy atom. The van der Waals surface area contributed by atoms with Crippen molar-refractivity contribution in [3.63, 3.8) is 0 Å². The maximum atomic E-state index is 13.1. The van der Waals surface area contributed by atoms with Gasteiger partial charge in [0.05, 0.1) is 14.2 Å². The number of ether oxygens (including phenoxy) is 2. The van der Waals surface area contributed by atoms with Crippen molar-refractivity contribution in [2.75, 3.05) is 27.8 Å². The molecular weight excluding hydrogens is 357 g/mol. The van der Waals surface area contributed by atoms with Crippen molar-refractivity contribution in [3.05, 3.63) is 58.4 Å². The van der Waals surface area contributed by atoms with E-state index in [1.54, 1.807) is 27.3 Å². The van der Waals surface area contributed by atoms with E-state index in [4.69, 9.17) is 21.1 Å². The van der Waals surface area contributed by atoms with Crippen LogP contribution in [0.5, 0.6) is 11.5 Å². The first-order valence-corrected chi connectivity index (χ1v) is 8.54. The molecule has 2 aromatic carbocycles. The molecule has 0 amide bonds. The molecule has 0 aromatic heterocycles. The fraction of sp³-hybridized carbons (Fsp3) is 0.316. The van der Waals surface area contributed by atoms with Crippen molar-refractivity contribution in [1.82, 2.24) is 10.6 Å². The van der Waals surface area contributed by atoms with E-state index in [-0.39, 0.29) is 5.82 Å². The smallest absolute Gasteiger partial charge is 0.191 e. The van der Waals surface area contributed by atoms with Crippen LogP contribution in [0.4, 0.5) is 4.39 Å². The van der Waals surface area contributed by atoms with E-state index in [9.17, 15) is 4.39 Å². The normalized spacial score (nSPS) is 11.2. The van der Waals surface area contributed by atoms with Gasteiger partial charge in [0.1, 0.15) is 17.3 Å². The Morgan fingerprint density at radius 1 is 1.08 bits per heavy atom. The van der Waals surface area contributed by atoms with Crippen molar-refractivity contribution in [2.45, 2.75) is 13.0 Å². The molecule has 0 atom stereocenters. The summed E-state index contributed by atoms with van der Waals surface area (Å²) in [6, 6.07) is 10.1. The highest BCUT2D eigenvalue weighted by atomic mass is 35.5. The van der Waals surface area contributed by atoms with Gasteiger partial charge in [-0.25, -0.2) is 4.39 Å². The van der Waals surface area contributed by atoms with E-state index >= 15 is 0 Å². The molecule has 0 fully saturated rings. The third-order valence-electron chi connectivity index (χ3n) is 3.87. The van der Waals surface area contributed by atoms with Gasteiger partial charge >= 0.3 is 0 Å². The predicted octanol–water partition coefficient (Wildman–Crippen LogP) is 3.40. The van der Waals surface area contributed by atoms with Gasteiger partial charge in [0.25, 0.3) is 0 Å². The molecule has 0 radical (unpaired) electrons. The monoisotopic (exact) mass is 379 g/mol. The maximum absolute atomic E-state index is 13.1. The largest absolute Gasteiger partial charge is 0.497 e. The third kappa shape index (κ3) is 5.52. The maximum Gasteiger partial charge on any atom is 0.191 e. The topological polar surface area (TPSA) is 54.9 Å². The number of nitrogens with zero attached hydrogens (tertiary/aromatic N) is 1. The van der Waals surface area contributed by atoms with Crippen molar-refractivity contribution in [2.24, 2.45) is 4.99 Å². The van der Waals surface area contributed by atoms with Gasteiger partial charge in [-0.15, -0.1) is 0 Å². The number of methoxy groups -OCH3 is 2. The van der Waals surface area contributed by atoms with Gasteiger partial charge in [-0.2, -0.15) is 0 Å². The Bertz CT molecular complexity index is 768. The van der Waals surface area contributed by atoms with Gasteiger partial charge in [-0.1, -0.05) is 17.7 Å². The predicted molar refractivity (Wildman–Crippen MR) is 103 cm³/mol. The number of guanidine groups is 1. The number of hydrogen-bond donors (Lipinski definition) is 2. The fourth-order valence-corrected chi connectivity index (χ4v) is 2.70. The molecule has 2 rings (SSSR count). The van der Waals surface area contributed by atoms with E-state index in [2.05, 4.69) is 15.6 Å². The van der Waals surface area contributed by atoms with Crippen LogP contribution in [0.3, 0.4) is 0 Å². The van der Waals surface area contributed by atoms with Crippen LogP contribution in [-0.2, 0) is 13.0 Å². The van der Waals surface area contributed by atoms with E-state index in [0.29, 0.717) is 30.5 Å². The third-order valence-corrected chi connectivity index (χ3v) is 4.22. The minimum absolute atomic E-state index is 0.336. The second-order valence-corrected chi connectivity index (χ2v) is 5.92. The summed E-state index contributed by atoms with van der Waals surface area (Å²) < 4.78 is 23.7. The van der Waals surface area contributed by atoms with Gasteiger partial charge < -0.3 is 20.1 Å². The van der Waals surface area contributed by atoms with Crippen LogP contribution in [0.15, 0.2) is 41.4 Å². The van der Waals surface area contributed by atoms with Crippen LogP contribution in [0.25, 0.3) is 0 Å². The number of nitrogens with one attached hydrogen (secondary N) is 2. The summed E-state index contributed by atoms with van der Waals surface area (Å²) in [5.41, 5.74) is 1.87. The Morgan fingerprint density at radius 3 is 2.50 bits per heavy atom. The molecule has 0 bridgehead atoms. The second kappa shape index (κ2) is 9.87. The Hall–Kier alpha value is -2.47. The van der Waals surface area contributed by atoms with Crippen molar-refractivity contribution in [3.8, 4) is 11.5 Å². The zero-order valence-electron chi connectivity index (χ0n) is 15.1. The summed E-state index contributed by atoms with van der Waals surface area (Å²) in [6.07, 6.45) is 0.658.